The van der Waals surface area contributed by atoms with Gasteiger partial charge in [0.05, 0.1) is 0 Å². The molecule has 0 bridgehead atoms. The van der Waals surface area contributed by atoms with E-state index in [0.717, 1.165) is 4.90 Å². The third-order valence-corrected chi connectivity index (χ3v) is 2.18. The van der Waals surface area contributed by atoms with E-state index in [-0.39, 0.29) is 0 Å². The van der Waals surface area contributed by atoms with Crippen LogP contribution in [0.3, 0.4) is 0 Å². The Hall–Kier alpha value is -1.86. The fourth-order valence-electron chi connectivity index (χ4n) is 1.15. The van der Waals surface area contributed by atoms with Gasteiger partial charge in [-0.2, -0.15) is 0 Å². The Balaban J connectivity index is 2.42. The molecule has 0 atom stereocenters. The molecular weight excluding hydrogens is 247 g/mol. The number of hydrogen-bond acceptors (Lipinski definition) is 1. The largest absolute Gasteiger partial charge is 0.322 e. The van der Waals surface area contributed by atoms with Crippen LogP contribution in [0.4, 0.5) is 32.4 Å². The van der Waals surface area contributed by atoms with Crippen LogP contribution in [0.2, 0.25) is 0 Å². The van der Waals surface area contributed by atoms with Gasteiger partial charge in [0.15, 0.2) is 23.3 Å². The van der Waals surface area contributed by atoms with Gasteiger partial charge in [-0.15, -0.1) is 0 Å². The Morgan fingerprint density at radius 1 is 0.882 bits per heavy atom. The molecule has 0 aromatic heterocycles. The van der Waals surface area contributed by atoms with Crippen molar-refractivity contribution in [2.45, 2.75) is 0 Å². The minimum atomic E-state index is -2.26. The molecule has 0 radical (unpaired) electrons. The number of rotatable bonds is 1. The lowest BCUT2D eigenvalue weighted by Gasteiger charge is -2.09. The molecule has 2 rings (SSSR count). The van der Waals surface area contributed by atoms with E-state index in [9.17, 15) is 26.7 Å². The van der Waals surface area contributed by atoms with Crippen LogP contribution in [0.5, 0.6) is 0 Å². The van der Waals surface area contributed by atoms with Gasteiger partial charge in [0.25, 0.3) is 0 Å². The molecule has 1 aromatic carbocycles. The van der Waals surface area contributed by atoms with Crippen LogP contribution in [-0.4, -0.2) is 24.0 Å². The van der Waals surface area contributed by atoms with Crippen LogP contribution in [0.1, 0.15) is 0 Å². The molecule has 1 aromatic rings. The first-order valence-electron chi connectivity index (χ1n) is 4.51. The maximum atomic E-state index is 13.1. The molecule has 0 aliphatic carbocycles. The Kier molecular flexibility index (Phi) is 2.64. The molecule has 8 heteroatoms. The number of hydrogen-bond donors (Lipinski definition) is 1. The van der Waals surface area contributed by atoms with Crippen LogP contribution in [0.25, 0.3) is 0 Å². The van der Waals surface area contributed by atoms with Gasteiger partial charge in [-0.1, -0.05) is 0 Å². The first-order valence-corrected chi connectivity index (χ1v) is 4.51. The quantitative estimate of drug-likeness (QED) is 0.353. The summed E-state index contributed by atoms with van der Waals surface area (Å²) in [6.45, 7) is 0.752. The zero-order valence-corrected chi connectivity index (χ0v) is 8.16. The molecule has 1 N–H and O–H groups in total. The number of carbonyl (C=O) groups excluding carboxylic acids is 1. The summed E-state index contributed by atoms with van der Waals surface area (Å²) in [6, 6.07) is -0.909. The van der Waals surface area contributed by atoms with Crippen molar-refractivity contribution in [3.63, 3.8) is 0 Å². The van der Waals surface area contributed by atoms with E-state index in [0.29, 0.717) is 13.1 Å². The highest BCUT2D eigenvalue weighted by Gasteiger charge is 2.30. The highest BCUT2D eigenvalue weighted by molar-refractivity contribution is 5.91. The van der Waals surface area contributed by atoms with Crippen molar-refractivity contribution in [1.29, 1.82) is 0 Å². The summed E-state index contributed by atoms with van der Waals surface area (Å²) >= 11 is 0. The topological polar surface area (TPSA) is 32.1 Å². The Morgan fingerprint density at radius 2 is 1.29 bits per heavy atom. The summed E-state index contributed by atoms with van der Waals surface area (Å²) in [5, 5.41) is 1.64. The number of benzene rings is 1. The van der Waals surface area contributed by atoms with Crippen molar-refractivity contribution in [3.8, 4) is 0 Å². The Morgan fingerprint density at radius 3 is 1.71 bits per heavy atom. The van der Waals surface area contributed by atoms with E-state index in [4.69, 9.17) is 0 Å². The number of urea groups is 1. The fourth-order valence-corrected chi connectivity index (χ4v) is 1.15. The number of nitrogens with zero attached hydrogens (tertiary/aromatic N) is 1. The van der Waals surface area contributed by atoms with E-state index >= 15 is 0 Å². The van der Waals surface area contributed by atoms with Crippen molar-refractivity contribution in [1.82, 2.24) is 4.90 Å². The minimum Gasteiger partial charge on any atom is -0.321 e. The molecule has 0 saturated carbocycles. The molecule has 1 fully saturated rings. The van der Waals surface area contributed by atoms with Crippen molar-refractivity contribution in [3.05, 3.63) is 29.1 Å². The third kappa shape index (κ3) is 1.90. The first-order chi connectivity index (χ1) is 7.93. The van der Waals surface area contributed by atoms with E-state index in [1.807, 2.05) is 0 Å². The summed E-state index contributed by atoms with van der Waals surface area (Å²) < 4.78 is 64.3. The van der Waals surface area contributed by atoms with Crippen molar-refractivity contribution < 1.29 is 26.7 Å². The lowest BCUT2D eigenvalue weighted by Crippen LogP contribution is -2.21. The Bertz CT molecular complexity index is 472. The molecule has 1 saturated heterocycles. The van der Waals surface area contributed by atoms with Gasteiger partial charge >= 0.3 is 6.03 Å². The zero-order valence-electron chi connectivity index (χ0n) is 8.16. The smallest absolute Gasteiger partial charge is 0.321 e. The highest BCUT2D eigenvalue weighted by Crippen LogP contribution is 2.27. The second-order valence-electron chi connectivity index (χ2n) is 3.36. The third-order valence-electron chi connectivity index (χ3n) is 2.18. The maximum absolute atomic E-state index is 13.1. The van der Waals surface area contributed by atoms with Crippen LogP contribution in [0.15, 0.2) is 0 Å². The number of anilines is 1. The van der Waals surface area contributed by atoms with E-state index in [2.05, 4.69) is 0 Å². The number of carbonyl (C=O) groups is 1. The van der Waals surface area contributed by atoms with E-state index in [1.165, 1.54) is 0 Å². The van der Waals surface area contributed by atoms with Gasteiger partial charge in [0, 0.05) is 13.1 Å². The molecular formula is C9H5F5N2O. The second kappa shape index (κ2) is 3.86. The summed E-state index contributed by atoms with van der Waals surface area (Å²) in [5.41, 5.74) is -1.33. The second-order valence-corrected chi connectivity index (χ2v) is 3.36. The average molecular weight is 252 g/mol. The predicted octanol–water partition coefficient (Wildman–Crippen LogP) is 2.23. The van der Waals surface area contributed by atoms with Crippen LogP contribution < -0.4 is 5.32 Å². The molecule has 2 amide bonds. The van der Waals surface area contributed by atoms with Gasteiger partial charge in [-0.25, -0.2) is 26.7 Å². The van der Waals surface area contributed by atoms with Gasteiger partial charge in [0.1, 0.15) is 5.69 Å². The highest BCUT2D eigenvalue weighted by atomic mass is 19.2. The van der Waals surface area contributed by atoms with Crippen molar-refractivity contribution >= 4 is 11.7 Å². The normalized spacial score (nSPS) is 13.8. The number of nitrogens with one attached hydrogen (secondary N) is 1. The summed E-state index contributed by atoms with van der Waals surface area (Å²) in [6.07, 6.45) is 0. The van der Waals surface area contributed by atoms with E-state index < -0.39 is 40.8 Å². The van der Waals surface area contributed by atoms with E-state index in [1.54, 1.807) is 5.32 Å². The average Bonchev–Trinajstić information content (AvgIpc) is 3.13. The molecule has 1 aliphatic rings. The van der Waals surface area contributed by atoms with Gasteiger partial charge < -0.3 is 10.2 Å². The summed E-state index contributed by atoms with van der Waals surface area (Å²) in [4.78, 5) is 12.3. The molecule has 0 spiro atoms. The molecule has 3 nitrogen and oxygen atoms in total. The maximum Gasteiger partial charge on any atom is 0.322 e. The SMILES string of the molecule is O=C(Nc1c(F)c(F)c(F)c(F)c1F)N1CC1. The summed E-state index contributed by atoms with van der Waals surface area (Å²) in [5.74, 6) is -10.6. The van der Waals surface area contributed by atoms with Crippen LogP contribution in [-0.2, 0) is 0 Å². The lowest BCUT2D eigenvalue weighted by atomic mass is 10.2. The van der Waals surface area contributed by atoms with Gasteiger partial charge in [-0.05, 0) is 0 Å². The molecule has 0 unspecified atom stereocenters. The van der Waals surface area contributed by atoms with Crippen LogP contribution >= 0.6 is 0 Å². The fraction of sp³-hybridized carbons (Fsp3) is 0.222. The molecule has 92 valence electrons. The monoisotopic (exact) mass is 252 g/mol. The number of halogens is 5. The van der Waals surface area contributed by atoms with Gasteiger partial charge in [0.2, 0.25) is 5.82 Å². The summed E-state index contributed by atoms with van der Waals surface area (Å²) in [7, 11) is 0. The van der Waals surface area contributed by atoms with Crippen LogP contribution in [0, 0.1) is 29.1 Å². The number of amides is 2. The van der Waals surface area contributed by atoms with Crippen molar-refractivity contribution in [2.75, 3.05) is 18.4 Å². The Labute approximate surface area is 91.8 Å². The molecule has 1 aliphatic heterocycles. The standard InChI is InChI=1S/C9H5F5N2O/c10-3-4(11)6(13)8(7(14)5(3)12)15-9(17)16-1-2-16/h1-2H2,(H,15,17). The van der Waals surface area contributed by atoms with Gasteiger partial charge in [-0.3, -0.25) is 0 Å². The molecule has 1 heterocycles. The van der Waals surface area contributed by atoms with Crippen molar-refractivity contribution in [2.24, 2.45) is 0 Å². The molecule has 17 heavy (non-hydrogen) atoms. The first kappa shape index (κ1) is 11.6. The lowest BCUT2D eigenvalue weighted by molar-refractivity contribution is 0.241. The minimum absolute atomic E-state index is 0.376. The predicted molar refractivity (Wildman–Crippen MR) is 46.8 cm³/mol. The zero-order chi connectivity index (χ0) is 12.7.